The van der Waals surface area contributed by atoms with E-state index in [4.69, 9.17) is 10.7 Å². The van der Waals surface area contributed by atoms with E-state index in [0.717, 1.165) is 88.6 Å². The Balaban J connectivity index is 0.615. The van der Waals surface area contributed by atoms with E-state index in [1.807, 2.05) is 51.9 Å². The number of hydrogen-bond donors (Lipinski definition) is 5. The molecule has 3 aromatic heterocycles. The molecule has 456 valence electrons. The Morgan fingerprint density at radius 3 is 2.29 bits per heavy atom. The molecule has 6 N–H and O–H groups in total. The summed E-state index contributed by atoms with van der Waals surface area (Å²) in [4.78, 5) is 107. The van der Waals surface area contributed by atoms with Crippen molar-refractivity contribution in [2.45, 2.75) is 96.2 Å². The first-order chi connectivity index (χ1) is 41.6. The summed E-state index contributed by atoms with van der Waals surface area (Å²) in [6, 6.07) is 16.9. The number of nitrogens with zero attached hydrogens (tertiary/aromatic N) is 11. The zero-order chi connectivity index (χ0) is 60.4. The van der Waals surface area contributed by atoms with Gasteiger partial charge in [-0.05, 0) is 125 Å². The lowest BCUT2D eigenvalue weighted by atomic mass is 9.89. The molecular formula is C61H77FN16O8. The highest BCUT2D eigenvalue weighted by atomic mass is 19.1. The summed E-state index contributed by atoms with van der Waals surface area (Å²) in [6.07, 6.45) is 11.4. The van der Waals surface area contributed by atoms with Gasteiger partial charge >= 0.3 is 12.0 Å². The van der Waals surface area contributed by atoms with E-state index in [0.29, 0.717) is 110 Å². The van der Waals surface area contributed by atoms with Gasteiger partial charge in [-0.2, -0.15) is 10.2 Å². The zero-order valence-corrected chi connectivity index (χ0v) is 49.2. The number of carbonyl (C=O) groups excluding carboxylic acids is 7. The minimum atomic E-state index is -0.682. The summed E-state index contributed by atoms with van der Waals surface area (Å²) in [5, 5.41) is 21.9. The standard InChI is InChI=1S/C61H77FN16O8/c1-39-57-46(10-7-11-49(57)78(71-39)38-54(81)65-33-52(79)66-34-56(83)86-3)47-30-50-43(29-48(47)62)31-68-77(50)35-40-17-23-73(24-18-40)37-53(80)64-21-6-4-5-12-55(82)74-25-19-42(20-26-74)41-13-15-44(16-14-41)69-60-58(59(63)84)67-32-51(70-60)75-22-8-9-45(36-75)76-28-27-72(2)61(76)85/h7,10-11,13-16,29-32,40,42,45H,4-6,8-9,12,17-28,33-38H2,1-3H3,(H2,63,84)(H,64,80)(H,65,81)(H,66,79)(H,69,70)/t45-/m1/s1. The molecule has 6 aromatic rings. The summed E-state index contributed by atoms with van der Waals surface area (Å²) in [5.41, 5.74) is 10.7. The molecule has 25 heteroatoms. The van der Waals surface area contributed by atoms with Crippen molar-refractivity contribution in [1.29, 1.82) is 0 Å². The average Bonchev–Trinajstić information content (AvgIpc) is 2.24. The number of likely N-dealkylation sites (tertiary alicyclic amines) is 2. The fraction of sp³-hybridized carbons (Fsp3) is 0.492. The van der Waals surface area contributed by atoms with Gasteiger partial charge in [0.05, 0.1) is 55.4 Å². The predicted molar refractivity (Wildman–Crippen MR) is 321 cm³/mol. The Labute approximate surface area is 498 Å². The molecule has 3 aromatic carbocycles. The van der Waals surface area contributed by atoms with Crippen molar-refractivity contribution in [3.05, 3.63) is 89.8 Å². The van der Waals surface area contributed by atoms with Gasteiger partial charge in [0.2, 0.25) is 23.6 Å². The number of benzene rings is 3. The van der Waals surface area contributed by atoms with Gasteiger partial charge in [-0.1, -0.05) is 30.7 Å². The molecule has 0 spiro atoms. The molecule has 24 nitrogen and oxygen atoms in total. The van der Waals surface area contributed by atoms with Crippen LogP contribution in [0.5, 0.6) is 0 Å². The number of fused-ring (bicyclic) bond motifs is 2. The number of nitrogens with two attached hydrogens (primary N) is 1. The number of nitrogens with one attached hydrogen (secondary N) is 4. The zero-order valence-electron chi connectivity index (χ0n) is 49.2. The minimum absolute atomic E-state index is 0.0108. The molecule has 10 rings (SSSR count). The van der Waals surface area contributed by atoms with Crippen LogP contribution in [0, 0.1) is 18.7 Å². The lowest BCUT2D eigenvalue weighted by Gasteiger charge is -2.37. The van der Waals surface area contributed by atoms with Crippen LogP contribution >= 0.6 is 0 Å². The number of primary amides is 1. The minimum Gasteiger partial charge on any atom is -0.468 e. The molecule has 0 saturated carbocycles. The number of anilines is 3. The van der Waals surface area contributed by atoms with Crippen molar-refractivity contribution in [3.63, 3.8) is 0 Å². The maximum absolute atomic E-state index is 16.0. The van der Waals surface area contributed by atoms with E-state index in [1.165, 1.54) is 23.4 Å². The fourth-order valence-corrected chi connectivity index (χ4v) is 12.3. The summed E-state index contributed by atoms with van der Waals surface area (Å²) in [6.45, 7) is 8.22. The predicted octanol–water partition coefficient (Wildman–Crippen LogP) is 4.67. The number of amides is 7. The number of urea groups is 1. The van der Waals surface area contributed by atoms with Crippen LogP contribution in [0.1, 0.15) is 91.9 Å². The number of esters is 1. The first-order valence-electron chi connectivity index (χ1n) is 29.9. The van der Waals surface area contributed by atoms with E-state index in [1.54, 1.807) is 30.3 Å². The number of hydrogen-bond acceptors (Lipinski definition) is 15. The molecule has 4 aliphatic heterocycles. The highest BCUT2D eigenvalue weighted by molar-refractivity contribution is 6.00. The van der Waals surface area contributed by atoms with Crippen LogP contribution in [0.4, 0.5) is 26.5 Å². The molecule has 7 heterocycles. The number of piperidine rings is 3. The van der Waals surface area contributed by atoms with Crippen LogP contribution in [-0.4, -0.2) is 189 Å². The van der Waals surface area contributed by atoms with E-state index in [9.17, 15) is 33.6 Å². The molecule has 4 saturated heterocycles. The van der Waals surface area contributed by atoms with E-state index >= 15 is 4.39 Å². The second-order valence-corrected chi connectivity index (χ2v) is 23.0. The molecule has 1 atom stereocenters. The summed E-state index contributed by atoms with van der Waals surface area (Å²) < 4.78 is 23.9. The number of rotatable bonds is 23. The fourth-order valence-electron chi connectivity index (χ4n) is 12.3. The summed E-state index contributed by atoms with van der Waals surface area (Å²) in [7, 11) is 3.03. The van der Waals surface area contributed by atoms with Crippen LogP contribution < -0.4 is 31.9 Å². The first-order valence-corrected chi connectivity index (χ1v) is 29.9. The number of aromatic nitrogens is 6. The number of unbranched alkanes of at least 4 members (excludes halogenated alkanes) is 2. The van der Waals surface area contributed by atoms with Crippen molar-refractivity contribution in [3.8, 4) is 11.1 Å². The van der Waals surface area contributed by atoms with Crippen LogP contribution in [0.15, 0.2) is 67.0 Å². The van der Waals surface area contributed by atoms with Gasteiger partial charge in [-0.25, -0.2) is 19.2 Å². The van der Waals surface area contributed by atoms with Gasteiger partial charge in [-0.15, -0.1) is 0 Å². The molecule has 4 fully saturated rings. The maximum Gasteiger partial charge on any atom is 0.325 e. The highest BCUT2D eigenvalue weighted by Crippen LogP contribution is 2.36. The largest absolute Gasteiger partial charge is 0.468 e. The molecule has 0 bridgehead atoms. The molecule has 86 heavy (non-hydrogen) atoms. The number of halogens is 1. The van der Waals surface area contributed by atoms with Crippen molar-refractivity contribution in [2.24, 2.45) is 11.7 Å². The molecule has 0 unspecified atom stereocenters. The first kappa shape index (κ1) is 60.4. The summed E-state index contributed by atoms with van der Waals surface area (Å²) in [5.74, 6) is -1.06. The average molecular weight is 1180 g/mol. The Hall–Kier alpha value is -8.74. The van der Waals surface area contributed by atoms with Crippen molar-refractivity contribution in [2.75, 3.05) is 103 Å². The molecular weight excluding hydrogens is 1100 g/mol. The number of methoxy groups -OCH3 is 1. The Morgan fingerprint density at radius 1 is 0.779 bits per heavy atom. The van der Waals surface area contributed by atoms with E-state index < -0.39 is 29.5 Å². The number of carbonyl (C=O) groups is 7. The van der Waals surface area contributed by atoms with Gasteiger partial charge in [-0.3, -0.25) is 43.0 Å². The highest BCUT2D eigenvalue weighted by Gasteiger charge is 2.35. The van der Waals surface area contributed by atoms with Gasteiger partial charge in [0.25, 0.3) is 5.91 Å². The Bertz CT molecular complexity index is 3460. The molecule has 4 aliphatic rings. The van der Waals surface area contributed by atoms with E-state index in [2.05, 4.69) is 63.1 Å². The number of aryl methyl sites for hydroxylation is 1. The molecule has 0 aliphatic carbocycles. The normalized spacial score (nSPS) is 17.1. The van der Waals surface area contributed by atoms with Crippen LogP contribution in [0.2, 0.25) is 0 Å². The Morgan fingerprint density at radius 2 is 1.55 bits per heavy atom. The Kier molecular flexibility index (Phi) is 19.3. The van der Waals surface area contributed by atoms with Crippen LogP contribution in [-0.2, 0) is 41.8 Å². The van der Waals surface area contributed by atoms with Gasteiger partial charge in [0, 0.05) is 87.8 Å². The van der Waals surface area contributed by atoms with Crippen molar-refractivity contribution >= 4 is 80.7 Å². The number of likely N-dealkylation sites (N-methyl/N-ethyl adjacent to an activating group) is 1. The molecule has 7 amide bonds. The van der Waals surface area contributed by atoms with Crippen molar-refractivity contribution < 1.29 is 42.7 Å². The smallest absolute Gasteiger partial charge is 0.325 e. The van der Waals surface area contributed by atoms with Crippen molar-refractivity contribution in [1.82, 2.24) is 65.1 Å². The lowest BCUT2D eigenvalue weighted by molar-refractivity contribution is -0.141. The SMILES string of the molecule is COC(=O)CNC(=O)CNC(=O)Cn1nc(C)c2c(-c3cc4c(cnn4CC4CCN(CC(=O)NCCCCCC(=O)N5CCC(c6ccc(Nc7nc(N8CCC[C@@H](N9CCN(C)C9=O)C8)cnc7C(N)=O)cc6)CC5)CC4)cc3F)cccc21. The van der Waals surface area contributed by atoms with Crippen LogP contribution in [0.25, 0.3) is 32.9 Å². The van der Waals surface area contributed by atoms with Gasteiger partial charge in [0.15, 0.2) is 11.5 Å². The third kappa shape index (κ3) is 14.5. The number of ether oxygens (including phenoxy) is 1. The quantitative estimate of drug-likeness (QED) is 0.0431. The van der Waals surface area contributed by atoms with E-state index in [-0.39, 0.29) is 55.0 Å². The third-order valence-electron chi connectivity index (χ3n) is 17.2. The van der Waals surface area contributed by atoms with Gasteiger partial charge < -0.3 is 51.3 Å². The molecule has 0 radical (unpaired) electrons. The lowest BCUT2D eigenvalue weighted by Crippen LogP contribution is -2.49. The third-order valence-corrected chi connectivity index (χ3v) is 17.2. The second kappa shape index (κ2) is 27.5. The monoisotopic (exact) mass is 1180 g/mol. The summed E-state index contributed by atoms with van der Waals surface area (Å²) >= 11 is 0. The maximum atomic E-state index is 16.0. The van der Waals surface area contributed by atoms with Crippen LogP contribution in [0.3, 0.4) is 0 Å². The van der Waals surface area contributed by atoms with Gasteiger partial charge in [0.1, 0.15) is 24.7 Å². The topological polar surface area (TPSA) is 280 Å². The second-order valence-electron chi connectivity index (χ2n) is 23.0.